The van der Waals surface area contributed by atoms with Crippen LogP contribution in [0, 0.1) is 6.92 Å². The molecule has 0 saturated carbocycles. The van der Waals surface area contributed by atoms with E-state index in [1.165, 1.54) is 11.1 Å². The molecule has 0 atom stereocenters. The summed E-state index contributed by atoms with van der Waals surface area (Å²) < 4.78 is 7.43. The summed E-state index contributed by atoms with van der Waals surface area (Å²) in [5, 5.41) is 0. The lowest BCUT2D eigenvalue weighted by molar-refractivity contribution is 0.415. The second-order valence-electron chi connectivity index (χ2n) is 5.03. The summed E-state index contributed by atoms with van der Waals surface area (Å²) in [7, 11) is 1.66. The molecule has 0 amide bonds. The fraction of sp³-hybridized carbons (Fsp3) is 0.235. The molecule has 0 aliphatic carbocycles. The molecule has 0 radical (unpaired) electrons. The van der Waals surface area contributed by atoms with Crippen LogP contribution in [0.15, 0.2) is 42.5 Å². The molecule has 0 saturated heterocycles. The Hall–Kier alpha value is -2.00. The van der Waals surface area contributed by atoms with E-state index < -0.39 is 0 Å². The van der Waals surface area contributed by atoms with Crippen molar-refractivity contribution in [1.82, 2.24) is 9.55 Å². The number of nitrogens with zero attached hydrogens (tertiary/aromatic N) is 2. The normalized spacial score (nSPS) is 11.0. The van der Waals surface area contributed by atoms with Crippen molar-refractivity contribution in [1.29, 1.82) is 0 Å². The molecule has 108 valence electrons. The summed E-state index contributed by atoms with van der Waals surface area (Å²) in [6.45, 7) is 2.90. The average Bonchev–Trinajstić information content (AvgIpc) is 2.86. The van der Waals surface area contributed by atoms with Crippen LogP contribution < -0.4 is 4.74 Å². The van der Waals surface area contributed by atoms with Gasteiger partial charge in [0, 0.05) is 12.6 Å². The molecule has 0 N–H and O–H groups in total. The van der Waals surface area contributed by atoms with Gasteiger partial charge in [-0.1, -0.05) is 24.3 Å². The van der Waals surface area contributed by atoms with Gasteiger partial charge in [0.15, 0.2) is 0 Å². The Morgan fingerprint density at radius 2 is 2.00 bits per heavy atom. The van der Waals surface area contributed by atoms with Gasteiger partial charge in [0.05, 0.1) is 24.0 Å². The molecule has 0 fully saturated rings. The molecule has 3 aromatic rings. The molecule has 3 rings (SSSR count). The highest BCUT2D eigenvalue weighted by atomic mass is 35.5. The van der Waals surface area contributed by atoms with Gasteiger partial charge >= 0.3 is 0 Å². The van der Waals surface area contributed by atoms with Crippen molar-refractivity contribution in [3.8, 4) is 5.75 Å². The third-order valence-electron chi connectivity index (χ3n) is 3.74. The fourth-order valence-corrected chi connectivity index (χ4v) is 2.73. The molecule has 1 aromatic heterocycles. The van der Waals surface area contributed by atoms with Gasteiger partial charge in [-0.3, -0.25) is 0 Å². The number of aryl methyl sites for hydroxylation is 1. The van der Waals surface area contributed by atoms with Gasteiger partial charge in [-0.2, -0.15) is 0 Å². The minimum Gasteiger partial charge on any atom is -0.497 e. The Balaban J connectivity index is 2.10. The number of imidazole rings is 1. The maximum atomic E-state index is 6.07. The first-order valence-corrected chi connectivity index (χ1v) is 7.40. The SMILES string of the molecule is COc1ccc2c(c1)nc(CCl)n2Cc1ccccc1C. The summed E-state index contributed by atoms with van der Waals surface area (Å²) in [5.41, 5.74) is 4.54. The van der Waals surface area contributed by atoms with Crippen LogP contribution in [0.3, 0.4) is 0 Å². The summed E-state index contributed by atoms with van der Waals surface area (Å²) in [4.78, 5) is 4.62. The van der Waals surface area contributed by atoms with Crippen molar-refractivity contribution in [2.45, 2.75) is 19.3 Å². The molecule has 0 unspecified atom stereocenters. The van der Waals surface area contributed by atoms with Crippen molar-refractivity contribution >= 4 is 22.6 Å². The molecule has 21 heavy (non-hydrogen) atoms. The fourth-order valence-electron chi connectivity index (χ4n) is 2.52. The first kappa shape index (κ1) is 14.0. The van der Waals surface area contributed by atoms with Crippen LogP contribution in [-0.4, -0.2) is 16.7 Å². The van der Waals surface area contributed by atoms with E-state index in [4.69, 9.17) is 16.3 Å². The number of hydrogen-bond acceptors (Lipinski definition) is 2. The zero-order valence-corrected chi connectivity index (χ0v) is 12.9. The van der Waals surface area contributed by atoms with E-state index in [0.717, 1.165) is 29.2 Å². The first-order chi connectivity index (χ1) is 10.2. The molecule has 1 heterocycles. The van der Waals surface area contributed by atoms with Gasteiger partial charge in [0.1, 0.15) is 11.6 Å². The number of benzene rings is 2. The van der Waals surface area contributed by atoms with E-state index in [9.17, 15) is 0 Å². The van der Waals surface area contributed by atoms with Crippen LogP contribution in [-0.2, 0) is 12.4 Å². The van der Waals surface area contributed by atoms with E-state index >= 15 is 0 Å². The van der Waals surface area contributed by atoms with Gasteiger partial charge in [0.2, 0.25) is 0 Å². The summed E-state index contributed by atoms with van der Waals surface area (Å²) in [6.07, 6.45) is 0. The third-order valence-corrected chi connectivity index (χ3v) is 3.98. The lowest BCUT2D eigenvalue weighted by Gasteiger charge is -2.10. The highest BCUT2D eigenvalue weighted by Crippen LogP contribution is 2.24. The van der Waals surface area contributed by atoms with Crippen molar-refractivity contribution in [3.63, 3.8) is 0 Å². The number of rotatable bonds is 4. The molecular weight excluding hydrogens is 284 g/mol. The first-order valence-electron chi connectivity index (χ1n) is 6.86. The second-order valence-corrected chi connectivity index (χ2v) is 5.30. The summed E-state index contributed by atoms with van der Waals surface area (Å²) >= 11 is 6.07. The predicted molar refractivity (Wildman–Crippen MR) is 86.1 cm³/mol. The van der Waals surface area contributed by atoms with Gasteiger partial charge < -0.3 is 9.30 Å². The van der Waals surface area contributed by atoms with Crippen LogP contribution in [0.5, 0.6) is 5.75 Å². The molecule has 2 aromatic carbocycles. The van der Waals surface area contributed by atoms with Gasteiger partial charge in [-0.25, -0.2) is 4.98 Å². The Labute approximate surface area is 129 Å². The molecule has 0 bridgehead atoms. The molecule has 0 aliphatic rings. The topological polar surface area (TPSA) is 27.1 Å². The van der Waals surface area contributed by atoms with E-state index in [1.54, 1.807) is 7.11 Å². The molecule has 4 heteroatoms. The van der Waals surface area contributed by atoms with E-state index in [2.05, 4.69) is 40.7 Å². The largest absolute Gasteiger partial charge is 0.497 e. The maximum absolute atomic E-state index is 6.07. The molecule has 3 nitrogen and oxygen atoms in total. The van der Waals surface area contributed by atoms with Gasteiger partial charge in [-0.05, 0) is 30.2 Å². The monoisotopic (exact) mass is 300 g/mol. The van der Waals surface area contributed by atoms with Crippen LogP contribution in [0.2, 0.25) is 0 Å². The van der Waals surface area contributed by atoms with Crippen LogP contribution in [0.4, 0.5) is 0 Å². The minimum absolute atomic E-state index is 0.392. The predicted octanol–water partition coefficient (Wildman–Crippen LogP) is 4.14. The Kier molecular flexibility index (Phi) is 3.84. The Bertz CT molecular complexity index is 780. The maximum Gasteiger partial charge on any atom is 0.125 e. The Morgan fingerprint density at radius 1 is 1.19 bits per heavy atom. The number of alkyl halides is 1. The summed E-state index contributed by atoms with van der Waals surface area (Å²) in [6, 6.07) is 14.3. The number of ether oxygens (including phenoxy) is 1. The van der Waals surface area contributed by atoms with E-state index in [-0.39, 0.29) is 0 Å². The highest BCUT2D eigenvalue weighted by molar-refractivity contribution is 6.16. The van der Waals surface area contributed by atoms with Crippen molar-refractivity contribution in [2.24, 2.45) is 0 Å². The lowest BCUT2D eigenvalue weighted by Crippen LogP contribution is -2.05. The Morgan fingerprint density at radius 3 is 2.71 bits per heavy atom. The quantitative estimate of drug-likeness (QED) is 0.677. The lowest BCUT2D eigenvalue weighted by atomic mass is 10.1. The zero-order valence-electron chi connectivity index (χ0n) is 12.1. The minimum atomic E-state index is 0.392. The smallest absolute Gasteiger partial charge is 0.125 e. The molecule has 0 spiro atoms. The van der Waals surface area contributed by atoms with Crippen LogP contribution in [0.1, 0.15) is 17.0 Å². The number of methoxy groups -OCH3 is 1. The van der Waals surface area contributed by atoms with Crippen molar-refractivity contribution in [3.05, 3.63) is 59.4 Å². The number of halogens is 1. The van der Waals surface area contributed by atoms with E-state index in [0.29, 0.717) is 5.88 Å². The second kappa shape index (κ2) is 5.78. The highest BCUT2D eigenvalue weighted by Gasteiger charge is 2.12. The van der Waals surface area contributed by atoms with Crippen molar-refractivity contribution < 1.29 is 4.74 Å². The molecule has 0 aliphatic heterocycles. The van der Waals surface area contributed by atoms with Gasteiger partial charge in [-0.15, -0.1) is 11.6 Å². The van der Waals surface area contributed by atoms with Gasteiger partial charge in [0.25, 0.3) is 0 Å². The van der Waals surface area contributed by atoms with Crippen LogP contribution >= 0.6 is 11.6 Å². The number of fused-ring (bicyclic) bond motifs is 1. The number of hydrogen-bond donors (Lipinski definition) is 0. The third kappa shape index (κ3) is 2.61. The average molecular weight is 301 g/mol. The standard InChI is InChI=1S/C17H17ClN2O/c1-12-5-3-4-6-13(12)11-20-16-8-7-14(21-2)9-15(16)19-17(20)10-18/h3-9H,10-11H2,1-2H3. The van der Waals surface area contributed by atoms with E-state index in [1.807, 2.05) is 18.2 Å². The molecular formula is C17H17ClN2O. The van der Waals surface area contributed by atoms with Crippen molar-refractivity contribution in [2.75, 3.05) is 7.11 Å². The number of aromatic nitrogens is 2. The van der Waals surface area contributed by atoms with Crippen LogP contribution in [0.25, 0.3) is 11.0 Å². The summed E-state index contributed by atoms with van der Waals surface area (Å²) in [5.74, 6) is 2.08. The zero-order chi connectivity index (χ0) is 14.8.